The van der Waals surface area contributed by atoms with Crippen molar-refractivity contribution in [2.24, 2.45) is 0 Å². The number of anilines is 1. The van der Waals surface area contributed by atoms with Crippen molar-refractivity contribution in [3.8, 4) is 11.5 Å². The molecule has 0 heterocycles. The van der Waals surface area contributed by atoms with E-state index < -0.39 is 12.7 Å². The number of aliphatic hydroxyl groups is 2. The summed E-state index contributed by atoms with van der Waals surface area (Å²) in [6.07, 6.45) is -0.993. The van der Waals surface area contributed by atoms with Crippen LogP contribution in [0.2, 0.25) is 0 Å². The minimum absolute atomic E-state index is 0.00706. The number of ether oxygens (including phenoxy) is 1. The fourth-order valence-corrected chi connectivity index (χ4v) is 2.17. The van der Waals surface area contributed by atoms with Gasteiger partial charge in [0.15, 0.2) is 11.5 Å². The van der Waals surface area contributed by atoms with Crippen molar-refractivity contribution in [3.63, 3.8) is 0 Å². The molecule has 2 aromatic rings. The number of carbonyl (C=O) groups excluding carboxylic acids is 1. The lowest BCUT2D eigenvalue weighted by Gasteiger charge is -2.17. The molecule has 1 atom stereocenters. The van der Waals surface area contributed by atoms with Crippen LogP contribution in [0.3, 0.4) is 0 Å². The van der Waals surface area contributed by atoms with Gasteiger partial charge >= 0.3 is 0 Å². The quantitative estimate of drug-likeness (QED) is 0.436. The van der Waals surface area contributed by atoms with Crippen LogP contribution >= 0.6 is 0 Å². The molecule has 4 N–H and O–H groups in total. The van der Waals surface area contributed by atoms with Gasteiger partial charge in [-0.3, -0.25) is 4.79 Å². The highest BCUT2D eigenvalue weighted by molar-refractivity contribution is 5.99. The second-order valence-electron chi connectivity index (χ2n) is 5.38. The number of nitrogens with one attached hydrogen (secondary N) is 1. The van der Waals surface area contributed by atoms with Crippen LogP contribution in [-0.2, 0) is 6.61 Å². The highest BCUT2D eigenvalue weighted by Crippen LogP contribution is 2.37. The summed E-state index contributed by atoms with van der Waals surface area (Å²) in [6.45, 7) is 1.23. The number of phenolic OH excluding ortho intramolecular Hbond substituents is 1. The molecule has 0 radical (unpaired) electrons. The van der Waals surface area contributed by atoms with Crippen molar-refractivity contribution < 1.29 is 24.9 Å². The third-order valence-electron chi connectivity index (χ3n) is 3.48. The minimum Gasteiger partial charge on any atom is -0.505 e. The summed E-state index contributed by atoms with van der Waals surface area (Å²) in [4.78, 5) is 11.6. The van der Waals surface area contributed by atoms with Gasteiger partial charge in [-0.25, -0.2) is 0 Å². The van der Waals surface area contributed by atoms with E-state index in [1.54, 1.807) is 6.07 Å². The number of hydrogen-bond donors (Lipinski definition) is 4. The third kappa shape index (κ3) is 4.47. The zero-order valence-electron chi connectivity index (χ0n) is 13.4. The highest BCUT2D eigenvalue weighted by atomic mass is 16.5. The van der Waals surface area contributed by atoms with E-state index in [2.05, 4.69) is 5.32 Å². The average molecular weight is 331 g/mol. The van der Waals surface area contributed by atoms with Crippen molar-refractivity contribution >= 4 is 11.5 Å². The van der Waals surface area contributed by atoms with Gasteiger partial charge in [0.05, 0.1) is 18.3 Å². The van der Waals surface area contributed by atoms with Gasteiger partial charge in [-0.15, -0.1) is 0 Å². The van der Waals surface area contributed by atoms with Crippen LogP contribution < -0.4 is 10.1 Å². The third-order valence-corrected chi connectivity index (χ3v) is 3.48. The molecule has 0 fully saturated rings. The predicted octanol–water partition coefficient (Wildman–Crippen LogP) is 1.94. The van der Waals surface area contributed by atoms with Crippen LogP contribution in [-0.4, -0.2) is 40.4 Å². The average Bonchev–Trinajstić information content (AvgIpc) is 2.59. The zero-order chi connectivity index (χ0) is 17.5. The van der Waals surface area contributed by atoms with Gasteiger partial charge in [0.1, 0.15) is 18.0 Å². The van der Waals surface area contributed by atoms with Crippen LogP contribution in [0.25, 0.3) is 0 Å². The van der Waals surface area contributed by atoms with Crippen LogP contribution in [0.15, 0.2) is 42.5 Å². The van der Waals surface area contributed by atoms with Crippen molar-refractivity contribution in [1.82, 2.24) is 0 Å². The van der Waals surface area contributed by atoms with Crippen molar-refractivity contribution in [2.45, 2.75) is 19.6 Å². The molecule has 0 spiro atoms. The molecule has 0 bridgehead atoms. The lowest BCUT2D eigenvalue weighted by Crippen LogP contribution is -2.23. The Kier molecular flexibility index (Phi) is 6.17. The fraction of sp³-hybridized carbons (Fsp3) is 0.278. The maximum atomic E-state index is 11.6. The van der Waals surface area contributed by atoms with Gasteiger partial charge in [-0.2, -0.15) is 0 Å². The predicted molar refractivity (Wildman–Crippen MR) is 90.5 cm³/mol. The normalized spacial score (nSPS) is 11.8. The summed E-state index contributed by atoms with van der Waals surface area (Å²) < 4.78 is 5.73. The van der Waals surface area contributed by atoms with Gasteiger partial charge in [0.2, 0.25) is 0 Å². The van der Waals surface area contributed by atoms with Crippen LogP contribution in [0, 0.1) is 0 Å². The van der Waals surface area contributed by atoms with E-state index in [4.69, 9.17) is 9.84 Å². The zero-order valence-corrected chi connectivity index (χ0v) is 13.4. The van der Waals surface area contributed by atoms with E-state index >= 15 is 0 Å². The second-order valence-corrected chi connectivity index (χ2v) is 5.38. The largest absolute Gasteiger partial charge is 0.505 e. The number of hydrogen-bond acceptors (Lipinski definition) is 6. The smallest absolute Gasteiger partial charge is 0.163 e. The Balaban J connectivity index is 2.24. The van der Waals surface area contributed by atoms with Crippen molar-refractivity contribution in [2.75, 3.05) is 18.5 Å². The molecule has 0 saturated heterocycles. The van der Waals surface area contributed by atoms with Gasteiger partial charge in [-0.05, 0) is 24.6 Å². The van der Waals surface area contributed by atoms with Gasteiger partial charge in [0, 0.05) is 6.54 Å². The fourth-order valence-electron chi connectivity index (χ4n) is 2.17. The number of Topliss-reactive ketones (excluding diaryl/α,β-unsaturated/α-hetero) is 1. The summed E-state index contributed by atoms with van der Waals surface area (Å²) in [5.74, 6) is -0.169. The molecular weight excluding hydrogens is 310 g/mol. The molecular formula is C18H21NO5. The molecule has 1 unspecified atom stereocenters. The van der Waals surface area contributed by atoms with Crippen LogP contribution in [0.1, 0.15) is 22.8 Å². The molecule has 0 aliphatic rings. The van der Waals surface area contributed by atoms with Crippen molar-refractivity contribution in [1.29, 1.82) is 0 Å². The number of carbonyl (C=O) groups is 1. The summed E-state index contributed by atoms with van der Waals surface area (Å²) in [5, 5.41) is 31.5. The first-order chi connectivity index (χ1) is 11.5. The van der Waals surface area contributed by atoms with Gasteiger partial charge in [-0.1, -0.05) is 30.3 Å². The first-order valence-corrected chi connectivity index (χ1v) is 7.59. The van der Waals surface area contributed by atoms with Gasteiger partial charge < -0.3 is 25.4 Å². The number of phenols is 1. The molecule has 24 heavy (non-hydrogen) atoms. The van der Waals surface area contributed by atoms with Crippen LogP contribution in [0.4, 0.5) is 5.69 Å². The lowest BCUT2D eigenvalue weighted by atomic mass is 10.1. The Morgan fingerprint density at radius 2 is 1.92 bits per heavy atom. The van der Waals surface area contributed by atoms with E-state index in [0.29, 0.717) is 5.75 Å². The molecule has 0 aliphatic heterocycles. The van der Waals surface area contributed by atoms with Crippen molar-refractivity contribution in [3.05, 3.63) is 53.6 Å². The molecule has 6 heteroatoms. The topological polar surface area (TPSA) is 99.0 Å². The summed E-state index contributed by atoms with van der Waals surface area (Å²) in [6, 6.07) is 12.6. The summed E-state index contributed by atoms with van der Waals surface area (Å²) in [5.41, 5.74) is 1.32. The molecule has 128 valence electrons. The first kappa shape index (κ1) is 17.8. The molecule has 6 nitrogen and oxygen atoms in total. The SMILES string of the molecule is CC(=O)c1ccc(OCc2ccccc2)c(NCC(O)CO)c1O. The number of ketones is 1. The molecule has 2 rings (SSSR count). The summed E-state index contributed by atoms with van der Waals surface area (Å²) in [7, 11) is 0. The Morgan fingerprint density at radius 1 is 1.21 bits per heavy atom. The standard InChI is InChI=1S/C18H21NO5/c1-12(21)15-7-8-16(24-11-13-5-3-2-4-6-13)17(18(15)23)19-9-14(22)10-20/h2-8,14,19-20,22-23H,9-11H2,1H3. The van der Waals surface area contributed by atoms with Gasteiger partial charge in [0.25, 0.3) is 0 Å². The summed E-state index contributed by atoms with van der Waals surface area (Å²) >= 11 is 0. The van der Waals surface area contributed by atoms with E-state index in [9.17, 15) is 15.0 Å². The molecule has 2 aromatic carbocycles. The first-order valence-electron chi connectivity index (χ1n) is 7.59. The maximum absolute atomic E-state index is 11.6. The van der Waals surface area contributed by atoms with E-state index in [1.807, 2.05) is 30.3 Å². The number of rotatable bonds is 8. The molecule has 0 saturated carbocycles. The second kappa shape index (κ2) is 8.33. The monoisotopic (exact) mass is 331 g/mol. The Hall–Kier alpha value is -2.57. The lowest BCUT2D eigenvalue weighted by molar-refractivity contribution is 0.101. The van der Waals surface area contributed by atoms with E-state index in [0.717, 1.165) is 5.56 Å². The number of aromatic hydroxyl groups is 1. The Bertz CT molecular complexity index is 687. The maximum Gasteiger partial charge on any atom is 0.163 e. The van der Waals surface area contributed by atoms with Crippen LogP contribution in [0.5, 0.6) is 11.5 Å². The number of aliphatic hydroxyl groups excluding tert-OH is 2. The molecule has 0 aliphatic carbocycles. The Morgan fingerprint density at radius 3 is 2.54 bits per heavy atom. The number of benzene rings is 2. The van der Waals surface area contributed by atoms with E-state index in [1.165, 1.54) is 13.0 Å². The molecule has 0 amide bonds. The Labute approximate surface area is 140 Å². The van der Waals surface area contributed by atoms with E-state index in [-0.39, 0.29) is 35.9 Å². The highest BCUT2D eigenvalue weighted by Gasteiger charge is 2.17. The minimum atomic E-state index is -0.993. The molecule has 0 aromatic heterocycles.